The molecule has 1 heterocycles. The third-order valence-corrected chi connectivity index (χ3v) is 6.67. The summed E-state index contributed by atoms with van der Waals surface area (Å²) in [6.07, 6.45) is 7.12. The zero-order valence-corrected chi connectivity index (χ0v) is 19.7. The van der Waals surface area contributed by atoms with Gasteiger partial charge in [0.1, 0.15) is 0 Å². The molecule has 1 aromatic heterocycles. The molecule has 34 heavy (non-hydrogen) atoms. The van der Waals surface area contributed by atoms with E-state index in [0.717, 1.165) is 29.4 Å². The molecule has 0 aliphatic heterocycles. The number of thioether (sulfide) groups is 1. The Morgan fingerprint density at radius 2 is 1.97 bits per heavy atom. The number of aryl methyl sites for hydroxylation is 1. The van der Waals surface area contributed by atoms with E-state index in [-0.39, 0.29) is 17.3 Å². The van der Waals surface area contributed by atoms with Crippen LogP contribution in [0.15, 0.2) is 58.8 Å². The predicted octanol–water partition coefficient (Wildman–Crippen LogP) is 4.91. The molecule has 0 saturated heterocycles. The topological polar surface area (TPSA) is 115 Å². The van der Waals surface area contributed by atoms with Crippen molar-refractivity contribution in [3.8, 4) is 11.4 Å². The van der Waals surface area contributed by atoms with Gasteiger partial charge >= 0.3 is 0 Å². The number of rotatable bonds is 8. The monoisotopic (exact) mass is 478 g/mol. The lowest BCUT2D eigenvalue weighted by atomic mass is 9.95. The molecule has 176 valence electrons. The minimum atomic E-state index is -0.472. The van der Waals surface area contributed by atoms with Crippen molar-refractivity contribution in [1.29, 1.82) is 0 Å². The Bertz CT molecular complexity index is 1190. The summed E-state index contributed by atoms with van der Waals surface area (Å²) in [5.41, 5.74) is 5.18. The van der Waals surface area contributed by atoms with Gasteiger partial charge < -0.3 is 0 Å². The quantitative estimate of drug-likeness (QED) is 0.213. The van der Waals surface area contributed by atoms with Crippen molar-refractivity contribution in [3.63, 3.8) is 0 Å². The van der Waals surface area contributed by atoms with Gasteiger partial charge in [0.05, 0.1) is 16.9 Å². The standard InChI is InChI=1S/C24H26N6O3S/c1-17-10-12-19(13-11-17)23-27-28-24(29(23)20-7-3-2-4-8-20)34-16-22(31)26-25-15-18-6-5-9-21(14-18)30(32)33/h5-6,9-15,20H,2-4,7-8,16H2,1H3,(H,26,31)/b25-15-. The summed E-state index contributed by atoms with van der Waals surface area (Å²) in [5, 5.41) is 24.4. The SMILES string of the molecule is Cc1ccc(-c2nnc(SCC(=O)N/N=C\c3cccc([N+](=O)[O-])c3)n2C2CCCCC2)cc1. The van der Waals surface area contributed by atoms with Gasteiger partial charge in [0.25, 0.3) is 11.6 Å². The number of nitrogens with one attached hydrogen (secondary N) is 1. The third kappa shape index (κ3) is 5.88. The molecule has 0 bridgehead atoms. The molecule has 0 radical (unpaired) electrons. The first kappa shape index (κ1) is 23.6. The summed E-state index contributed by atoms with van der Waals surface area (Å²) in [7, 11) is 0. The summed E-state index contributed by atoms with van der Waals surface area (Å²) < 4.78 is 2.19. The molecule has 1 aliphatic rings. The van der Waals surface area contributed by atoms with Crippen LogP contribution in [0.4, 0.5) is 5.69 Å². The van der Waals surface area contributed by atoms with Crippen molar-refractivity contribution >= 4 is 29.6 Å². The van der Waals surface area contributed by atoms with Gasteiger partial charge in [0, 0.05) is 29.3 Å². The van der Waals surface area contributed by atoms with Crippen LogP contribution in [0.3, 0.4) is 0 Å². The smallest absolute Gasteiger partial charge is 0.270 e. The largest absolute Gasteiger partial charge is 0.299 e. The normalized spacial score (nSPS) is 14.4. The third-order valence-electron chi connectivity index (χ3n) is 5.73. The first-order valence-corrected chi connectivity index (χ1v) is 12.2. The van der Waals surface area contributed by atoms with Gasteiger partial charge in [-0.3, -0.25) is 19.5 Å². The Kier molecular flexibility index (Phi) is 7.69. The first-order valence-electron chi connectivity index (χ1n) is 11.2. The van der Waals surface area contributed by atoms with Crippen LogP contribution in [0.1, 0.15) is 49.3 Å². The van der Waals surface area contributed by atoms with E-state index in [1.807, 2.05) is 0 Å². The van der Waals surface area contributed by atoms with Crippen LogP contribution in [0.2, 0.25) is 0 Å². The fraction of sp³-hybridized carbons (Fsp3) is 0.333. The number of aromatic nitrogens is 3. The summed E-state index contributed by atoms with van der Waals surface area (Å²) >= 11 is 1.33. The number of carbonyl (C=O) groups excluding carboxylic acids is 1. The highest BCUT2D eigenvalue weighted by Crippen LogP contribution is 2.35. The number of nitro groups is 1. The van der Waals surface area contributed by atoms with Gasteiger partial charge in [-0.2, -0.15) is 5.10 Å². The van der Waals surface area contributed by atoms with Crippen molar-refractivity contribution in [2.45, 2.75) is 50.2 Å². The lowest BCUT2D eigenvalue weighted by Crippen LogP contribution is -2.20. The van der Waals surface area contributed by atoms with Gasteiger partial charge in [-0.05, 0) is 19.8 Å². The van der Waals surface area contributed by atoms with Gasteiger partial charge in [0.2, 0.25) is 0 Å². The Morgan fingerprint density at radius 1 is 1.21 bits per heavy atom. The van der Waals surface area contributed by atoms with Crippen molar-refractivity contribution < 1.29 is 9.72 Å². The molecular formula is C24H26N6O3S. The summed E-state index contributed by atoms with van der Waals surface area (Å²) in [6.45, 7) is 2.05. The number of hydrogen-bond donors (Lipinski definition) is 1. The lowest BCUT2D eigenvalue weighted by molar-refractivity contribution is -0.384. The summed E-state index contributed by atoms with van der Waals surface area (Å²) in [4.78, 5) is 22.8. The molecule has 9 nitrogen and oxygen atoms in total. The van der Waals surface area contributed by atoms with E-state index in [1.165, 1.54) is 54.9 Å². The maximum atomic E-state index is 12.4. The number of nitro benzene ring substituents is 1. The molecule has 1 amide bonds. The predicted molar refractivity (Wildman–Crippen MR) is 132 cm³/mol. The van der Waals surface area contributed by atoms with Crippen LogP contribution in [0.5, 0.6) is 0 Å². The molecule has 3 aromatic rings. The summed E-state index contributed by atoms with van der Waals surface area (Å²) in [5.74, 6) is 0.672. The van der Waals surface area contributed by atoms with Gasteiger partial charge in [-0.25, -0.2) is 5.43 Å². The van der Waals surface area contributed by atoms with Crippen LogP contribution >= 0.6 is 11.8 Å². The zero-order valence-electron chi connectivity index (χ0n) is 18.9. The zero-order chi connectivity index (χ0) is 23.9. The minimum Gasteiger partial charge on any atom is -0.299 e. The van der Waals surface area contributed by atoms with Crippen LogP contribution in [0, 0.1) is 17.0 Å². The van der Waals surface area contributed by atoms with E-state index < -0.39 is 4.92 Å². The Labute approximate surface area is 201 Å². The number of hydrogen-bond acceptors (Lipinski definition) is 7. The molecule has 2 aromatic carbocycles. The molecule has 0 spiro atoms. The lowest BCUT2D eigenvalue weighted by Gasteiger charge is -2.25. The van der Waals surface area contributed by atoms with Crippen LogP contribution in [0.25, 0.3) is 11.4 Å². The van der Waals surface area contributed by atoms with Crippen molar-refractivity contribution in [2.24, 2.45) is 5.10 Å². The van der Waals surface area contributed by atoms with E-state index in [9.17, 15) is 14.9 Å². The number of nitrogens with zero attached hydrogens (tertiary/aromatic N) is 5. The highest BCUT2D eigenvalue weighted by atomic mass is 32.2. The first-order chi connectivity index (χ1) is 16.5. The average molecular weight is 479 g/mol. The van der Waals surface area contributed by atoms with E-state index in [2.05, 4.69) is 56.5 Å². The van der Waals surface area contributed by atoms with E-state index in [1.54, 1.807) is 12.1 Å². The Hall–Kier alpha value is -3.53. The van der Waals surface area contributed by atoms with Crippen molar-refractivity contribution in [2.75, 3.05) is 5.75 Å². The molecular weight excluding hydrogens is 452 g/mol. The second-order valence-corrected chi connectivity index (χ2v) is 9.21. The maximum absolute atomic E-state index is 12.4. The van der Waals surface area contributed by atoms with E-state index in [0.29, 0.717) is 11.6 Å². The highest BCUT2D eigenvalue weighted by molar-refractivity contribution is 7.99. The van der Waals surface area contributed by atoms with Crippen LogP contribution in [-0.2, 0) is 4.79 Å². The maximum Gasteiger partial charge on any atom is 0.270 e. The average Bonchev–Trinajstić information content (AvgIpc) is 3.28. The summed E-state index contributed by atoms with van der Waals surface area (Å²) in [6, 6.07) is 14.6. The fourth-order valence-corrected chi connectivity index (χ4v) is 4.80. The Balaban J connectivity index is 1.43. The van der Waals surface area contributed by atoms with Gasteiger partial charge in [-0.1, -0.05) is 73.0 Å². The molecule has 4 rings (SSSR count). The molecule has 0 unspecified atom stereocenters. The number of non-ortho nitro benzene ring substituents is 1. The van der Waals surface area contributed by atoms with Crippen LogP contribution < -0.4 is 5.43 Å². The fourth-order valence-electron chi connectivity index (χ4n) is 4.00. The number of hydrazone groups is 1. The van der Waals surface area contributed by atoms with Gasteiger partial charge in [-0.15, -0.1) is 10.2 Å². The molecule has 1 N–H and O–H groups in total. The van der Waals surface area contributed by atoms with Crippen LogP contribution in [-0.4, -0.2) is 37.6 Å². The van der Waals surface area contributed by atoms with Gasteiger partial charge in [0.15, 0.2) is 11.0 Å². The number of carbonyl (C=O) groups is 1. The second-order valence-electron chi connectivity index (χ2n) is 8.27. The highest BCUT2D eigenvalue weighted by Gasteiger charge is 2.24. The van der Waals surface area contributed by atoms with Crippen molar-refractivity contribution in [1.82, 2.24) is 20.2 Å². The van der Waals surface area contributed by atoms with E-state index in [4.69, 9.17) is 0 Å². The van der Waals surface area contributed by atoms with Crippen molar-refractivity contribution in [3.05, 3.63) is 69.8 Å². The minimum absolute atomic E-state index is 0.0303. The van der Waals surface area contributed by atoms with E-state index >= 15 is 0 Å². The Morgan fingerprint density at radius 3 is 2.71 bits per heavy atom. The number of amides is 1. The molecule has 1 saturated carbocycles. The number of benzene rings is 2. The second kappa shape index (κ2) is 11.1. The molecule has 1 aliphatic carbocycles. The molecule has 0 atom stereocenters. The molecule has 1 fully saturated rings. The molecule has 10 heteroatoms.